The molecule has 0 fully saturated rings. The average Bonchev–Trinajstić information content (AvgIpc) is 3.45. The molecule has 0 saturated carbocycles. The van der Waals surface area contributed by atoms with E-state index in [2.05, 4.69) is 10.2 Å². The molecule has 2 N–H and O–H groups in total. The maximum atomic E-state index is 12.8. The molecule has 0 aliphatic heterocycles. The fraction of sp³-hybridized carbons (Fsp3) is 0.333. The van der Waals surface area contributed by atoms with E-state index in [0.717, 1.165) is 0 Å². The Balaban J connectivity index is 1.55. The van der Waals surface area contributed by atoms with Gasteiger partial charge in [-0.3, -0.25) is 29.2 Å². The highest BCUT2D eigenvalue weighted by Crippen LogP contribution is 2.27. The van der Waals surface area contributed by atoms with E-state index < -0.39 is 34.9 Å². The maximum Gasteiger partial charge on any atom is 0.432 e. The van der Waals surface area contributed by atoms with Gasteiger partial charge in [0, 0.05) is 35.7 Å². The fourth-order valence-electron chi connectivity index (χ4n) is 3.27. The molecule has 0 bridgehead atoms. The maximum absolute atomic E-state index is 12.8. The molecule has 16 heteroatoms. The molecule has 0 radical (unpaired) electrons. The molecule has 0 aliphatic rings. The molecule has 4 aromatic rings. The summed E-state index contributed by atoms with van der Waals surface area (Å²) >= 11 is 0. The van der Waals surface area contributed by atoms with E-state index in [1.165, 1.54) is 21.5 Å². The first-order valence-electron chi connectivity index (χ1n) is 9.62. The Morgan fingerprint density at radius 3 is 1.35 bits per heavy atom. The number of nitrogens with one attached hydrogen (secondary N) is 2. The molecule has 0 aromatic carbocycles. The number of aromatic amines is 2. The van der Waals surface area contributed by atoms with Crippen molar-refractivity contribution in [2.45, 2.75) is 39.3 Å². The van der Waals surface area contributed by atoms with E-state index in [1.54, 1.807) is 13.8 Å². The van der Waals surface area contributed by atoms with Crippen LogP contribution in [0.5, 0.6) is 0 Å². The fourth-order valence-corrected chi connectivity index (χ4v) is 3.27. The quantitative estimate of drug-likeness (QED) is 0.419. The van der Waals surface area contributed by atoms with Crippen LogP contribution in [0.1, 0.15) is 22.8 Å². The normalized spacial score (nSPS) is 12.6. The van der Waals surface area contributed by atoms with Gasteiger partial charge in [-0.15, -0.1) is 0 Å². The van der Waals surface area contributed by atoms with Gasteiger partial charge in [-0.25, -0.2) is 0 Å². The predicted octanol–water partition coefficient (Wildman–Crippen LogP) is 2.39. The molecule has 0 saturated heterocycles. The zero-order valence-electron chi connectivity index (χ0n) is 17.5. The molecular weight excluding hydrogens is 474 g/mol. The number of hydrogen-bond donors (Lipinski definition) is 2. The first-order chi connectivity index (χ1) is 15.7. The molecule has 4 aromatic heterocycles. The third-order valence-corrected chi connectivity index (χ3v) is 4.97. The van der Waals surface area contributed by atoms with Crippen LogP contribution in [-0.4, -0.2) is 39.1 Å². The largest absolute Gasteiger partial charge is 0.432 e. The Labute approximate surface area is 185 Å². The van der Waals surface area contributed by atoms with Gasteiger partial charge in [0.25, 0.3) is 11.1 Å². The summed E-state index contributed by atoms with van der Waals surface area (Å²) in [5.74, 6) is -0.0954. The van der Waals surface area contributed by atoms with Crippen LogP contribution in [0.3, 0.4) is 0 Å². The predicted molar refractivity (Wildman–Crippen MR) is 104 cm³/mol. The van der Waals surface area contributed by atoms with E-state index >= 15 is 0 Å². The van der Waals surface area contributed by atoms with Crippen molar-refractivity contribution >= 4 is 0 Å². The average molecular weight is 490 g/mol. The Bertz CT molecular complexity index is 1350. The smallest absolute Gasteiger partial charge is 0.285 e. The van der Waals surface area contributed by atoms with Crippen molar-refractivity contribution < 1.29 is 26.3 Å². The van der Waals surface area contributed by atoms with Crippen molar-refractivity contribution in [1.29, 1.82) is 0 Å². The third-order valence-electron chi connectivity index (χ3n) is 4.97. The summed E-state index contributed by atoms with van der Waals surface area (Å²) in [5, 5.41) is 12.2. The van der Waals surface area contributed by atoms with E-state index in [9.17, 15) is 35.9 Å². The molecule has 34 heavy (non-hydrogen) atoms. The Kier molecular flexibility index (Phi) is 5.32. The van der Waals surface area contributed by atoms with E-state index in [4.69, 9.17) is 0 Å². The highest BCUT2D eigenvalue weighted by atomic mass is 19.4. The SMILES string of the molecule is Cc1cc(-n2[nH]c(C(F)(F)F)cc2=O)nn1CCn1nc(-n2[nH]c(C(F)(F)F)cc2=O)cc1C. The lowest BCUT2D eigenvalue weighted by Crippen LogP contribution is -2.17. The monoisotopic (exact) mass is 490 g/mol. The van der Waals surface area contributed by atoms with Gasteiger partial charge in [0.1, 0.15) is 11.4 Å². The molecule has 4 rings (SSSR count). The van der Waals surface area contributed by atoms with E-state index in [-0.39, 0.29) is 24.7 Å². The number of hydrogen-bond acceptors (Lipinski definition) is 4. The molecule has 0 unspecified atom stereocenters. The van der Waals surface area contributed by atoms with Crippen LogP contribution in [0.4, 0.5) is 26.3 Å². The van der Waals surface area contributed by atoms with Crippen molar-refractivity contribution in [3.05, 3.63) is 67.7 Å². The molecule has 0 atom stereocenters. The first kappa shape index (κ1) is 23.2. The summed E-state index contributed by atoms with van der Waals surface area (Å²) < 4.78 is 81.2. The number of H-pyrrole nitrogens is 2. The topological polar surface area (TPSA) is 111 Å². The highest BCUT2D eigenvalue weighted by molar-refractivity contribution is 5.26. The second kappa shape index (κ2) is 7.81. The summed E-state index contributed by atoms with van der Waals surface area (Å²) in [7, 11) is 0. The zero-order valence-corrected chi connectivity index (χ0v) is 17.5. The van der Waals surface area contributed by atoms with Crippen LogP contribution in [0, 0.1) is 13.8 Å². The van der Waals surface area contributed by atoms with Crippen molar-refractivity contribution in [2.24, 2.45) is 0 Å². The van der Waals surface area contributed by atoms with E-state index in [1.807, 2.05) is 10.2 Å². The second-order valence-corrected chi connectivity index (χ2v) is 7.42. The molecular formula is C18H16F6N8O2. The van der Waals surface area contributed by atoms with E-state index in [0.29, 0.717) is 32.9 Å². The summed E-state index contributed by atoms with van der Waals surface area (Å²) in [6.07, 6.45) is -9.45. The summed E-state index contributed by atoms with van der Waals surface area (Å²) in [5.41, 5.74) is -3.22. The Morgan fingerprint density at radius 1 is 0.706 bits per heavy atom. The van der Waals surface area contributed by atoms with Crippen LogP contribution < -0.4 is 11.1 Å². The van der Waals surface area contributed by atoms with Crippen LogP contribution >= 0.6 is 0 Å². The highest BCUT2D eigenvalue weighted by Gasteiger charge is 2.35. The van der Waals surface area contributed by atoms with Gasteiger partial charge in [-0.1, -0.05) is 0 Å². The van der Waals surface area contributed by atoms with Crippen molar-refractivity contribution in [3.8, 4) is 11.6 Å². The first-order valence-corrected chi connectivity index (χ1v) is 9.62. The van der Waals surface area contributed by atoms with Gasteiger partial charge in [0.2, 0.25) is 0 Å². The molecule has 0 amide bonds. The Morgan fingerprint density at radius 2 is 1.06 bits per heavy atom. The lowest BCUT2D eigenvalue weighted by atomic mass is 10.4. The van der Waals surface area contributed by atoms with Crippen molar-refractivity contribution in [2.75, 3.05) is 0 Å². The molecule has 10 nitrogen and oxygen atoms in total. The lowest BCUT2D eigenvalue weighted by Gasteiger charge is -2.06. The lowest BCUT2D eigenvalue weighted by molar-refractivity contribution is -0.142. The van der Waals surface area contributed by atoms with Crippen LogP contribution in [0.2, 0.25) is 0 Å². The standard InChI is InChI=1S/C18H16F6N8O2/c1-9-5-13(31-15(33)7-11(25-31)17(19,20)21)27-29(9)3-4-30-10(2)6-14(28-30)32-16(34)8-12(26-32)18(22,23)24/h5-8,25-26H,3-4H2,1-2H3. The number of aryl methyl sites for hydroxylation is 4. The number of rotatable bonds is 5. The van der Waals surface area contributed by atoms with Crippen molar-refractivity contribution in [3.63, 3.8) is 0 Å². The van der Waals surface area contributed by atoms with Gasteiger partial charge >= 0.3 is 12.4 Å². The zero-order chi connectivity index (χ0) is 25.0. The minimum absolute atomic E-state index is 0.0477. The summed E-state index contributed by atoms with van der Waals surface area (Å²) in [4.78, 5) is 23.9. The number of nitrogens with zero attached hydrogens (tertiary/aromatic N) is 6. The third kappa shape index (κ3) is 4.29. The molecule has 0 spiro atoms. The van der Waals surface area contributed by atoms with Gasteiger partial charge in [-0.2, -0.15) is 45.9 Å². The summed E-state index contributed by atoms with van der Waals surface area (Å²) in [6, 6.07) is 3.68. The number of alkyl halides is 6. The molecule has 0 aliphatic carbocycles. The van der Waals surface area contributed by atoms with Gasteiger partial charge in [0.05, 0.1) is 13.1 Å². The van der Waals surface area contributed by atoms with Crippen molar-refractivity contribution in [1.82, 2.24) is 39.1 Å². The van der Waals surface area contributed by atoms with Crippen LogP contribution in [-0.2, 0) is 25.4 Å². The van der Waals surface area contributed by atoms with Gasteiger partial charge in [-0.05, 0) is 13.8 Å². The molecule has 182 valence electrons. The van der Waals surface area contributed by atoms with Crippen LogP contribution in [0.15, 0.2) is 33.9 Å². The minimum Gasteiger partial charge on any atom is -0.285 e. The molecule has 4 heterocycles. The Hall–Kier alpha value is -3.98. The van der Waals surface area contributed by atoms with Gasteiger partial charge in [0.15, 0.2) is 11.6 Å². The van der Waals surface area contributed by atoms with Crippen LogP contribution in [0.25, 0.3) is 11.6 Å². The number of halogens is 6. The second-order valence-electron chi connectivity index (χ2n) is 7.42. The van der Waals surface area contributed by atoms with Gasteiger partial charge < -0.3 is 0 Å². The summed E-state index contributed by atoms with van der Waals surface area (Å²) in [6.45, 7) is 3.60. The minimum atomic E-state index is -4.72. The number of aromatic nitrogens is 8.